The van der Waals surface area contributed by atoms with Crippen molar-refractivity contribution < 1.29 is 19.1 Å². The van der Waals surface area contributed by atoms with Gasteiger partial charge in [-0.25, -0.2) is 0 Å². The number of hydrogen-bond acceptors (Lipinski definition) is 4. The molecular weight excluding hydrogens is 344 g/mol. The van der Waals surface area contributed by atoms with Gasteiger partial charge in [0.15, 0.2) is 11.5 Å². The Morgan fingerprint density at radius 2 is 1.78 bits per heavy atom. The van der Waals surface area contributed by atoms with Crippen LogP contribution in [0.15, 0.2) is 12.1 Å². The molecule has 27 heavy (non-hydrogen) atoms. The van der Waals surface area contributed by atoms with Gasteiger partial charge in [0.05, 0.1) is 26.8 Å². The van der Waals surface area contributed by atoms with Crippen molar-refractivity contribution in [1.82, 2.24) is 9.80 Å². The van der Waals surface area contributed by atoms with Crippen molar-refractivity contribution in [3.05, 3.63) is 23.3 Å². The van der Waals surface area contributed by atoms with Gasteiger partial charge in [-0.1, -0.05) is 19.3 Å². The van der Waals surface area contributed by atoms with Crippen molar-refractivity contribution in [1.29, 1.82) is 0 Å². The Morgan fingerprint density at radius 1 is 1.07 bits per heavy atom. The summed E-state index contributed by atoms with van der Waals surface area (Å²) in [5, 5.41) is 0. The van der Waals surface area contributed by atoms with Gasteiger partial charge >= 0.3 is 0 Å². The van der Waals surface area contributed by atoms with Gasteiger partial charge < -0.3 is 19.3 Å². The number of hydrogen-bond donors (Lipinski definition) is 0. The number of benzene rings is 1. The maximum atomic E-state index is 13.0. The molecule has 2 aliphatic heterocycles. The lowest BCUT2D eigenvalue weighted by molar-refractivity contribution is -0.152. The molecule has 0 spiro atoms. The normalized spacial score (nSPS) is 22.9. The summed E-state index contributed by atoms with van der Waals surface area (Å²) in [7, 11) is 3.25. The van der Waals surface area contributed by atoms with E-state index >= 15 is 0 Å². The highest BCUT2D eigenvalue weighted by atomic mass is 16.5. The largest absolute Gasteiger partial charge is 0.493 e. The summed E-state index contributed by atoms with van der Waals surface area (Å²) < 4.78 is 10.9. The van der Waals surface area contributed by atoms with Gasteiger partial charge in [0.25, 0.3) is 0 Å². The fourth-order valence-electron chi connectivity index (χ4n) is 4.83. The monoisotopic (exact) mass is 372 g/mol. The topological polar surface area (TPSA) is 59.1 Å². The van der Waals surface area contributed by atoms with Crippen molar-refractivity contribution in [3.63, 3.8) is 0 Å². The summed E-state index contributed by atoms with van der Waals surface area (Å²) in [4.78, 5) is 29.5. The van der Waals surface area contributed by atoms with E-state index in [0.717, 1.165) is 37.7 Å². The summed E-state index contributed by atoms with van der Waals surface area (Å²) in [6, 6.07) is 3.90. The molecule has 146 valence electrons. The van der Waals surface area contributed by atoms with Gasteiger partial charge in [0.2, 0.25) is 11.8 Å². The summed E-state index contributed by atoms with van der Waals surface area (Å²) in [5.41, 5.74) is 2.25. The van der Waals surface area contributed by atoms with E-state index < -0.39 is 0 Å². The highest BCUT2D eigenvalue weighted by Crippen LogP contribution is 2.40. The molecule has 6 nitrogen and oxygen atoms in total. The highest BCUT2D eigenvalue weighted by molar-refractivity contribution is 5.88. The van der Waals surface area contributed by atoms with E-state index in [9.17, 15) is 9.59 Å². The number of amides is 2. The zero-order valence-corrected chi connectivity index (χ0v) is 16.2. The number of piperazine rings is 1. The first-order chi connectivity index (χ1) is 13.1. The van der Waals surface area contributed by atoms with E-state index in [2.05, 4.69) is 0 Å². The molecule has 3 aliphatic rings. The second-order valence-corrected chi connectivity index (χ2v) is 7.81. The summed E-state index contributed by atoms with van der Waals surface area (Å²) >= 11 is 0. The molecule has 1 atom stereocenters. The molecule has 0 aromatic heterocycles. The number of ether oxygens (including phenoxy) is 2. The molecule has 6 heteroatoms. The Kier molecular flexibility index (Phi) is 4.98. The number of fused-ring (bicyclic) bond motifs is 3. The summed E-state index contributed by atoms with van der Waals surface area (Å²) in [5.74, 6) is 1.68. The van der Waals surface area contributed by atoms with Gasteiger partial charge in [-0.15, -0.1) is 0 Å². The van der Waals surface area contributed by atoms with Crippen LogP contribution in [-0.2, 0) is 16.0 Å². The first-order valence-electron chi connectivity index (χ1n) is 9.95. The number of carbonyl (C=O) groups excluding carboxylic acids is 2. The molecule has 1 aliphatic carbocycles. The van der Waals surface area contributed by atoms with Gasteiger partial charge in [0.1, 0.15) is 0 Å². The third-order valence-electron chi connectivity index (χ3n) is 6.31. The van der Waals surface area contributed by atoms with E-state index in [1.165, 1.54) is 12.0 Å². The average Bonchev–Trinajstić information content (AvgIpc) is 2.72. The summed E-state index contributed by atoms with van der Waals surface area (Å²) in [6.07, 6.45) is 6.17. The minimum absolute atomic E-state index is 0.0517. The Labute approximate surface area is 160 Å². The first kappa shape index (κ1) is 18.1. The minimum atomic E-state index is -0.0950. The molecule has 1 aromatic carbocycles. The van der Waals surface area contributed by atoms with Crippen LogP contribution in [0.3, 0.4) is 0 Å². The van der Waals surface area contributed by atoms with E-state index in [1.807, 2.05) is 17.0 Å². The third kappa shape index (κ3) is 3.26. The average molecular weight is 372 g/mol. The molecular formula is C21H28N2O4. The van der Waals surface area contributed by atoms with E-state index in [0.29, 0.717) is 24.6 Å². The van der Waals surface area contributed by atoms with Crippen LogP contribution in [0.2, 0.25) is 0 Å². The number of carbonyl (C=O) groups is 2. The Balaban J connectivity index is 1.62. The predicted octanol–water partition coefficient (Wildman–Crippen LogP) is 2.55. The lowest BCUT2D eigenvalue weighted by Gasteiger charge is -2.45. The molecule has 1 saturated carbocycles. The van der Waals surface area contributed by atoms with Gasteiger partial charge in [0, 0.05) is 19.0 Å². The first-order valence-corrected chi connectivity index (χ1v) is 9.95. The van der Waals surface area contributed by atoms with E-state index in [1.54, 1.807) is 19.1 Å². The maximum Gasteiger partial charge on any atom is 0.242 e. The molecule has 1 unspecified atom stereocenters. The number of nitrogens with zero attached hydrogens (tertiary/aromatic N) is 2. The number of rotatable bonds is 3. The molecule has 1 saturated heterocycles. The van der Waals surface area contributed by atoms with Crippen molar-refractivity contribution in [2.45, 2.75) is 44.6 Å². The second kappa shape index (κ2) is 7.41. The fourth-order valence-corrected chi connectivity index (χ4v) is 4.83. The van der Waals surface area contributed by atoms with Crippen LogP contribution in [0.25, 0.3) is 0 Å². The summed E-state index contributed by atoms with van der Waals surface area (Å²) in [6.45, 7) is 1.48. The Bertz CT molecular complexity index is 742. The van der Waals surface area contributed by atoms with Gasteiger partial charge in [-0.05, 0) is 42.5 Å². The molecule has 0 N–H and O–H groups in total. The van der Waals surface area contributed by atoms with Crippen LogP contribution in [0, 0.1) is 5.92 Å². The van der Waals surface area contributed by atoms with Gasteiger partial charge in [-0.2, -0.15) is 0 Å². The van der Waals surface area contributed by atoms with Crippen molar-refractivity contribution in [2.75, 3.05) is 33.9 Å². The lowest BCUT2D eigenvalue weighted by Crippen LogP contribution is -2.56. The van der Waals surface area contributed by atoms with Crippen LogP contribution in [0.4, 0.5) is 0 Å². The van der Waals surface area contributed by atoms with Crippen LogP contribution in [0.1, 0.15) is 49.3 Å². The quantitative estimate of drug-likeness (QED) is 0.818. The fraction of sp³-hybridized carbons (Fsp3) is 0.619. The predicted molar refractivity (Wildman–Crippen MR) is 101 cm³/mol. The molecule has 2 amide bonds. The van der Waals surface area contributed by atoms with Crippen LogP contribution in [-0.4, -0.2) is 55.5 Å². The third-order valence-corrected chi connectivity index (χ3v) is 6.31. The molecule has 1 aromatic rings. The standard InChI is InChI=1S/C21H28N2O4/c1-26-18-10-15-8-9-23-17(16(15)11-19(18)27-2)12-22(13-20(23)24)21(25)14-6-4-3-5-7-14/h10-11,14,17H,3-9,12-13H2,1-2H3. The molecule has 2 heterocycles. The zero-order chi connectivity index (χ0) is 19.0. The SMILES string of the molecule is COc1cc2c(cc1OC)C1CN(C(=O)C3CCCCC3)CC(=O)N1CC2. The van der Waals surface area contributed by atoms with Crippen LogP contribution >= 0.6 is 0 Å². The number of methoxy groups -OCH3 is 2. The molecule has 2 fully saturated rings. The maximum absolute atomic E-state index is 13.0. The molecule has 0 radical (unpaired) electrons. The Hall–Kier alpha value is -2.24. The van der Waals surface area contributed by atoms with Crippen LogP contribution < -0.4 is 9.47 Å². The highest BCUT2D eigenvalue weighted by Gasteiger charge is 2.40. The Morgan fingerprint density at radius 3 is 2.48 bits per heavy atom. The minimum Gasteiger partial charge on any atom is -0.493 e. The van der Waals surface area contributed by atoms with Crippen molar-refractivity contribution >= 4 is 11.8 Å². The van der Waals surface area contributed by atoms with Crippen molar-refractivity contribution in [2.24, 2.45) is 5.92 Å². The molecule has 0 bridgehead atoms. The second-order valence-electron chi connectivity index (χ2n) is 7.81. The van der Waals surface area contributed by atoms with Gasteiger partial charge in [-0.3, -0.25) is 9.59 Å². The zero-order valence-electron chi connectivity index (χ0n) is 16.2. The van der Waals surface area contributed by atoms with Crippen molar-refractivity contribution in [3.8, 4) is 11.5 Å². The smallest absolute Gasteiger partial charge is 0.242 e. The van der Waals surface area contributed by atoms with E-state index in [4.69, 9.17) is 9.47 Å². The van der Waals surface area contributed by atoms with Crippen LogP contribution in [0.5, 0.6) is 11.5 Å². The van der Waals surface area contributed by atoms with E-state index in [-0.39, 0.29) is 30.3 Å². The molecule has 4 rings (SSSR count). The lowest BCUT2D eigenvalue weighted by atomic mass is 9.86.